The van der Waals surface area contributed by atoms with E-state index in [4.69, 9.17) is 5.11 Å². The van der Waals surface area contributed by atoms with Gasteiger partial charge in [0, 0.05) is 22.6 Å². The van der Waals surface area contributed by atoms with Crippen molar-refractivity contribution in [3.63, 3.8) is 0 Å². The number of carbonyl (C=O) groups is 1. The Bertz CT molecular complexity index is 184. The third-order valence-corrected chi connectivity index (χ3v) is 2.85. The molecule has 0 aromatic rings. The summed E-state index contributed by atoms with van der Waals surface area (Å²) in [6.07, 6.45) is 0.859. The average Bonchev–Trinajstić information content (AvgIpc) is 2.04. The number of aliphatic hydroxyl groups is 1. The molecule has 0 rings (SSSR count). The molecule has 0 fully saturated rings. The molecule has 0 aromatic heterocycles. The zero-order chi connectivity index (χ0) is 10.3. The molecular weight excluding hydrogens is 190 g/mol. The molecule has 0 bridgehead atoms. The van der Waals surface area contributed by atoms with Crippen molar-refractivity contribution in [1.29, 1.82) is 0 Å². The van der Waals surface area contributed by atoms with E-state index in [-0.39, 0.29) is 30.1 Å². The lowest BCUT2D eigenvalue weighted by atomic mass is 10.3. The lowest BCUT2D eigenvalue weighted by Gasteiger charge is -2.10. The number of amides is 1. The van der Waals surface area contributed by atoms with Gasteiger partial charge in [-0.1, -0.05) is 6.92 Å². The Morgan fingerprint density at radius 3 is 2.69 bits per heavy atom. The number of carbonyl (C=O) groups excluding carboxylic acids is 1. The largest absolute Gasteiger partial charge is 0.395 e. The van der Waals surface area contributed by atoms with Crippen LogP contribution >= 0.6 is 0 Å². The van der Waals surface area contributed by atoms with Crippen LogP contribution in [0.1, 0.15) is 20.3 Å². The summed E-state index contributed by atoms with van der Waals surface area (Å²) in [5, 5.41) is 11.2. The minimum Gasteiger partial charge on any atom is -0.395 e. The van der Waals surface area contributed by atoms with Crippen LogP contribution in [-0.4, -0.2) is 39.4 Å². The number of rotatable bonds is 6. The Balaban J connectivity index is 3.67. The van der Waals surface area contributed by atoms with E-state index in [2.05, 4.69) is 5.32 Å². The maximum absolute atomic E-state index is 11.1. The molecule has 13 heavy (non-hydrogen) atoms. The SMILES string of the molecule is CCC(C)NC(=O)CS(=O)CCO. The summed E-state index contributed by atoms with van der Waals surface area (Å²) in [6.45, 7) is 3.73. The van der Waals surface area contributed by atoms with Crippen LogP contribution < -0.4 is 5.32 Å². The van der Waals surface area contributed by atoms with Gasteiger partial charge in [-0.2, -0.15) is 0 Å². The van der Waals surface area contributed by atoms with Crippen LogP contribution in [0.25, 0.3) is 0 Å². The smallest absolute Gasteiger partial charge is 0.232 e. The minimum atomic E-state index is -1.23. The van der Waals surface area contributed by atoms with Crippen LogP contribution in [0.5, 0.6) is 0 Å². The molecule has 0 spiro atoms. The summed E-state index contributed by atoms with van der Waals surface area (Å²) in [4.78, 5) is 11.1. The van der Waals surface area contributed by atoms with Gasteiger partial charge in [-0.05, 0) is 13.3 Å². The fraction of sp³-hybridized carbons (Fsp3) is 0.875. The lowest BCUT2D eigenvalue weighted by Crippen LogP contribution is -2.35. The van der Waals surface area contributed by atoms with E-state index in [0.717, 1.165) is 6.42 Å². The highest BCUT2D eigenvalue weighted by Crippen LogP contribution is 1.89. The van der Waals surface area contributed by atoms with Crippen LogP contribution in [0.15, 0.2) is 0 Å². The molecule has 0 aliphatic carbocycles. The van der Waals surface area contributed by atoms with Gasteiger partial charge in [-0.25, -0.2) is 0 Å². The van der Waals surface area contributed by atoms with Gasteiger partial charge in [0.2, 0.25) is 5.91 Å². The summed E-state index contributed by atoms with van der Waals surface area (Å²) in [6, 6.07) is 0.124. The molecule has 0 aromatic carbocycles. The average molecular weight is 207 g/mol. The fourth-order valence-corrected chi connectivity index (χ4v) is 1.46. The van der Waals surface area contributed by atoms with E-state index in [1.807, 2.05) is 13.8 Å². The number of hydrogen-bond acceptors (Lipinski definition) is 3. The third kappa shape index (κ3) is 6.72. The summed E-state index contributed by atoms with van der Waals surface area (Å²) < 4.78 is 11.0. The van der Waals surface area contributed by atoms with Crippen molar-refractivity contribution in [3.8, 4) is 0 Å². The Kier molecular flexibility index (Phi) is 6.80. The van der Waals surface area contributed by atoms with Gasteiger partial charge in [0.15, 0.2) is 0 Å². The second-order valence-electron chi connectivity index (χ2n) is 2.89. The van der Waals surface area contributed by atoms with Crippen LogP contribution in [0.2, 0.25) is 0 Å². The van der Waals surface area contributed by atoms with Gasteiger partial charge in [0.25, 0.3) is 0 Å². The van der Waals surface area contributed by atoms with Crippen molar-refractivity contribution in [2.75, 3.05) is 18.1 Å². The molecule has 0 radical (unpaired) electrons. The van der Waals surface area contributed by atoms with E-state index >= 15 is 0 Å². The fourth-order valence-electron chi connectivity index (χ4n) is 0.739. The maximum Gasteiger partial charge on any atom is 0.232 e. The first kappa shape index (κ1) is 12.6. The molecule has 0 saturated heterocycles. The number of hydrogen-bond donors (Lipinski definition) is 2. The van der Waals surface area contributed by atoms with Crippen LogP contribution in [0.4, 0.5) is 0 Å². The van der Waals surface area contributed by atoms with E-state index in [1.54, 1.807) is 0 Å². The van der Waals surface area contributed by atoms with Gasteiger partial charge in [0.05, 0.1) is 6.61 Å². The molecule has 5 heteroatoms. The zero-order valence-electron chi connectivity index (χ0n) is 8.08. The van der Waals surface area contributed by atoms with Crippen molar-refractivity contribution < 1.29 is 14.1 Å². The second kappa shape index (κ2) is 7.03. The quantitative estimate of drug-likeness (QED) is 0.625. The first-order valence-corrected chi connectivity index (χ1v) is 5.84. The molecule has 1 amide bonds. The highest BCUT2D eigenvalue weighted by molar-refractivity contribution is 7.85. The van der Waals surface area contributed by atoms with Gasteiger partial charge in [0.1, 0.15) is 5.75 Å². The van der Waals surface area contributed by atoms with Crippen LogP contribution in [-0.2, 0) is 15.6 Å². The highest BCUT2D eigenvalue weighted by Gasteiger charge is 2.09. The zero-order valence-corrected chi connectivity index (χ0v) is 8.89. The Morgan fingerprint density at radius 1 is 1.62 bits per heavy atom. The molecular formula is C8H17NO3S. The molecule has 0 aliphatic rings. The predicted molar refractivity (Wildman–Crippen MR) is 52.9 cm³/mol. The topological polar surface area (TPSA) is 66.4 Å². The van der Waals surface area contributed by atoms with E-state index in [9.17, 15) is 9.00 Å². The minimum absolute atomic E-state index is 0.00903. The summed E-state index contributed by atoms with van der Waals surface area (Å²) in [5.41, 5.74) is 0. The van der Waals surface area contributed by atoms with Gasteiger partial charge < -0.3 is 10.4 Å². The van der Waals surface area contributed by atoms with Crippen LogP contribution in [0.3, 0.4) is 0 Å². The standard InChI is InChI=1S/C8H17NO3S/c1-3-7(2)9-8(11)6-13(12)5-4-10/h7,10H,3-6H2,1-2H3,(H,9,11). The lowest BCUT2D eigenvalue weighted by molar-refractivity contribution is -0.119. The molecule has 0 saturated carbocycles. The van der Waals surface area contributed by atoms with E-state index in [0.29, 0.717) is 0 Å². The van der Waals surface area contributed by atoms with E-state index in [1.165, 1.54) is 0 Å². The van der Waals surface area contributed by atoms with Crippen molar-refractivity contribution in [2.24, 2.45) is 0 Å². The van der Waals surface area contributed by atoms with Crippen molar-refractivity contribution in [1.82, 2.24) is 5.32 Å². The first-order valence-electron chi connectivity index (χ1n) is 4.35. The van der Waals surface area contributed by atoms with Crippen molar-refractivity contribution >= 4 is 16.7 Å². The molecule has 0 aliphatic heterocycles. The summed E-state index contributed by atoms with van der Waals surface area (Å²) >= 11 is 0. The second-order valence-corrected chi connectivity index (χ2v) is 4.47. The Morgan fingerprint density at radius 2 is 2.23 bits per heavy atom. The molecule has 2 N–H and O–H groups in total. The van der Waals surface area contributed by atoms with Gasteiger partial charge in [-0.3, -0.25) is 9.00 Å². The Labute approximate surface area is 81.2 Å². The summed E-state index contributed by atoms with van der Waals surface area (Å²) in [5.74, 6) is -0.0418. The third-order valence-electron chi connectivity index (χ3n) is 1.63. The van der Waals surface area contributed by atoms with Gasteiger partial charge >= 0.3 is 0 Å². The summed E-state index contributed by atoms with van der Waals surface area (Å²) in [7, 11) is -1.23. The number of aliphatic hydroxyl groups excluding tert-OH is 1. The van der Waals surface area contributed by atoms with E-state index < -0.39 is 10.8 Å². The molecule has 2 unspecified atom stereocenters. The molecule has 0 heterocycles. The molecule has 78 valence electrons. The van der Waals surface area contributed by atoms with Crippen molar-refractivity contribution in [2.45, 2.75) is 26.3 Å². The molecule has 4 nitrogen and oxygen atoms in total. The highest BCUT2D eigenvalue weighted by atomic mass is 32.2. The number of nitrogens with one attached hydrogen (secondary N) is 1. The monoisotopic (exact) mass is 207 g/mol. The Hall–Kier alpha value is -0.420. The maximum atomic E-state index is 11.1. The van der Waals surface area contributed by atoms with Crippen molar-refractivity contribution in [3.05, 3.63) is 0 Å². The predicted octanol–water partition coefficient (Wildman–Crippen LogP) is -0.358. The van der Waals surface area contributed by atoms with Crippen LogP contribution in [0, 0.1) is 0 Å². The first-order chi connectivity index (χ1) is 6.10. The normalized spacial score (nSPS) is 15.0. The molecule has 2 atom stereocenters. The van der Waals surface area contributed by atoms with Gasteiger partial charge in [-0.15, -0.1) is 0 Å².